The highest BCUT2D eigenvalue weighted by atomic mass is 32.1. The molecule has 1 aliphatic carbocycles. The van der Waals surface area contributed by atoms with Crippen LogP contribution >= 0.6 is 11.3 Å². The van der Waals surface area contributed by atoms with Crippen LogP contribution in [0.4, 0.5) is 5.13 Å². The quantitative estimate of drug-likeness (QED) is 0.793. The van der Waals surface area contributed by atoms with E-state index in [2.05, 4.69) is 9.98 Å². The van der Waals surface area contributed by atoms with E-state index in [1.807, 2.05) is 26.0 Å². The van der Waals surface area contributed by atoms with Crippen LogP contribution < -0.4 is 0 Å². The van der Waals surface area contributed by atoms with E-state index >= 15 is 0 Å². The Bertz CT molecular complexity index is 401. The molecule has 0 bridgehead atoms. The van der Waals surface area contributed by atoms with Crippen LogP contribution in [0.25, 0.3) is 0 Å². The summed E-state index contributed by atoms with van der Waals surface area (Å²) in [5.74, 6) is 0. The summed E-state index contributed by atoms with van der Waals surface area (Å²) < 4.78 is 0. The zero-order valence-electron chi connectivity index (χ0n) is 8.90. The lowest BCUT2D eigenvalue weighted by atomic mass is 10.0. The fraction of sp³-hybridized carbons (Fsp3) is 0.455. The number of rotatable bonds is 1. The number of aryl methyl sites for hydroxylation is 2. The third-order valence-corrected chi connectivity index (χ3v) is 3.39. The largest absolute Gasteiger partial charge is 0.392 e. The second kappa shape index (κ2) is 4.24. The van der Waals surface area contributed by atoms with Crippen LogP contribution in [0, 0.1) is 13.8 Å². The van der Waals surface area contributed by atoms with Crippen LogP contribution in [0.2, 0.25) is 0 Å². The third kappa shape index (κ3) is 2.52. The maximum absolute atomic E-state index is 9.47. The van der Waals surface area contributed by atoms with Gasteiger partial charge in [-0.2, -0.15) is 0 Å². The molecule has 0 saturated heterocycles. The van der Waals surface area contributed by atoms with E-state index in [0.717, 1.165) is 23.0 Å². The Morgan fingerprint density at radius 1 is 1.53 bits per heavy atom. The SMILES string of the molecule is Cc1nc(N=C2C=CCC(O)C2)sc1C. The van der Waals surface area contributed by atoms with Gasteiger partial charge < -0.3 is 5.11 Å². The highest BCUT2D eigenvalue weighted by Gasteiger charge is 2.11. The van der Waals surface area contributed by atoms with Gasteiger partial charge in [0.15, 0.2) is 0 Å². The fourth-order valence-corrected chi connectivity index (χ4v) is 2.28. The molecule has 0 aliphatic heterocycles. The standard InChI is InChI=1S/C11H14N2OS/c1-7-8(2)15-11(12-7)13-9-4-3-5-10(14)6-9/h3-4,10,14H,5-6H2,1-2H3. The summed E-state index contributed by atoms with van der Waals surface area (Å²) in [6.07, 6.45) is 5.01. The van der Waals surface area contributed by atoms with Crippen molar-refractivity contribution in [1.29, 1.82) is 0 Å². The minimum atomic E-state index is -0.282. The topological polar surface area (TPSA) is 45.5 Å². The van der Waals surface area contributed by atoms with Gasteiger partial charge in [0.2, 0.25) is 5.13 Å². The molecule has 3 nitrogen and oxygen atoms in total. The number of aromatic nitrogens is 1. The maximum atomic E-state index is 9.47. The lowest BCUT2D eigenvalue weighted by Crippen LogP contribution is -2.14. The lowest BCUT2D eigenvalue weighted by molar-refractivity contribution is 0.184. The van der Waals surface area contributed by atoms with Crippen LogP contribution in [0.15, 0.2) is 17.1 Å². The van der Waals surface area contributed by atoms with E-state index in [9.17, 15) is 5.11 Å². The van der Waals surface area contributed by atoms with Gasteiger partial charge in [-0.3, -0.25) is 0 Å². The van der Waals surface area contributed by atoms with Crippen molar-refractivity contribution in [1.82, 2.24) is 4.98 Å². The zero-order chi connectivity index (χ0) is 10.8. The van der Waals surface area contributed by atoms with Gasteiger partial charge in [0, 0.05) is 17.0 Å². The van der Waals surface area contributed by atoms with Gasteiger partial charge in [-0.05, 0) is 26.3 Å². The summed E-state index contributed by atoms with van der Waals surface area (Å²) in [6.45, 7) is 4.03. The molecular formula is C11H14N2OS. The number of thiazole rings is 1. The van der Waals surface area contributed by atoms with Crippen LogP contribution in [0.5, 0.6) is 0 Å². The van der Waals surface area contributed by atoms with Gasteiger partial charge in [0.1, 0.15) is 0 Å². The minimum absolute atomic E-state index is 0.282. The average Bonchev–Trinajstić information content (AvgIpc) is 2.45. The highest BCUT2D eigenvalue weighted by Crippen LogP contribution is 2.25. The Labute approximate surface area is 93.2 Å². The van der Waals surface area contributed by atoms with Gasteiger partial charge >= 0.3 is 0 Å². The zero-order valence-corrected chi connectivity index (χ0v) is 9.71. The number of aliphatic hydroxyl groups is 1. The molecular weight excluding hydrogens is 208 g/mol. The molecule has 0 saturated carbocycles. The third-order valence-electron chi connectivity index (χ3n) is 2.42. The minimum Gasteiger partial charge on any atom is -0.392 e. The summed E-state index contributed by atoms with van der Waals surface area (Å²) in [4.78, 5) is 9.98. The predicted octanol–water partition coefficient (Wildman–Crippen LogP) is 2.54. The molecule has 15 heavy (non-hydrogen) atoms. The monoisotopic (exact) mass is 222 g/mol. The van der Waals surface area contributed by atoms with Gasteiger partial charge in [0.05, 0.1) is 11.8 Å². The molecule has 2 rings (SSSR count). The molecule has 80 valence electrons. The second-order valence-electron chi connectivity index (χ2n) is 3.74. The normalized spacial score (nSPS) is 23.7. The molecule has 1 unspecified atom stereocenters. The van der Waals surface area contributed by atoms with E-state index in [0.29, 0.717) is 6.42 Å². The number of allylic oxidation sites excluding steroid dienone is 1. The molecule has 1 heterocycles. The first kappa shape index (κ1) is 10.5. The Balaban J connectivity index is 2.22. The molecule has 0 spiro atoms. The lowest BCUT2D eigenvalue weighted by Gasteiger charge is -2.12. The molecule has 1 aromatic rings. The maximum Gasteiger partial charge on any atom is 0.209 e. The fourth-order valence-electron chi connectivity index (χ4n) is 1.46. The number of hydrogen-bond donors (Lipinski definition) is 1. The average molecular weight is 222 g/mol. The van der Waals surface area contributed by atoms with E-state index in [-0.39, 0.29) is 6.10 Å². The number of aliphatic hydroxyl groups excluding tert-OH is 1. The van der Waals surface area contributed by atoms with Crippen molar-refractivity contribution in [2.24, 2.45) is 4.99 Å². The van der Waals surface area contributed by atoms with Crippen LogP contribution in [0.3, 0.4) is 0 Å². The van der Waals surface area contributed by atoms with Crippen molar-refractivity contribution in [3.05, 3.63) is 22.7 Å². The molecule has 1 atom stereocenters. The number of hydrogen-bond acceptors (Lipinski definition) is 4. The van der Waals surface area contributed by atoms with E-state index in [1.54, 1.807) is 11.3 Å². The van der Waals surface area contributed by atoms with Crippen molar-refractivity contribution in [3.8, 4) is 0 Å². The van der Waals surface area contributed by atoms with E-state index in [1.165, 1.54) is 4.88 Å². The van der Waals surface area contributed by atoms with Crippen molar-refractivity contribution >= 4 is 22.2 Å². The Hall–Kier alpha value is -1.00. The van der Waals surface area contributed by atoms with Gasteiger partial charge in [-0.25, -0.2) is 9.98 Å². The smallest absolute Gasteiger partial charge is 0.209 e. The van der Waals surface area contributed by atoms with Crippen LogP contribution in [-0.4, -0.2) is 21.9 Å². The van der Waals surface area contributed by atoms with E-state index in [4.69, 9.17) is 0 Å². The summed E-state index contributed by atoms with van der Waals surface area (Å²) in [5, 5.41) is 10.3. The molecule has 0 radical (unpaired) electrons. The summed E-state index contributed by atoms with van der Waals surface area (Å²) >= 11 is 1.60. The molecule has 0 aromatic carbocycles. The van der Waals surface area contributed by atoms with Crippen molar-refractivity contribution in [3.63, 3.8) is 0 Å². The van der Waals surface area contributed by atoms with Crippen LogP contribution in [-0.2, 0) is 0 Å². The molecule has 1 aliphatic rings. The highest BCUT2D eigenvalue weighted by molar-refractivity contribution is 7.15. The van der Waals surface area contributed by atoms with Crippen molar-refractivity contribution in [2.45, 2.75) is 32.8 Å². The van der Waals surface area contributed by atoms with Crippen molar-refractivity contribution < 1.29 is 5.11 Å². The summed E-state index contributed by atoms with van der Waals surface area (Å²) in [6, 6.07) is 0. The first-order chi connectivity index (χ1) is 7.15. The van der Waals surface area contributed by atoms with Gasteiger partial charge in [0.25, 0.3) is 0 Å². The summed E-state index contributed by atoms with van der Waals surface area (Å²) in [5.41, 5.74) is 1.96. The summed E-state index contributed by atoms with van der Waals surface area (Å²) in [7, 11) is 0. The number of aliphatic imine (C=N–C) groups is 1. The molecule has 4 heteroatoms. The second-order valence-corrected chi connectivity index (χ2v) is 4.92. The molecule has 1 aromatic heterocycles. The van der Waals surface area contributed by atoms with Crippen LogP contribution in [0.1, 0.15) is 23.4 Å². The Morgan fingerprint density at radius 2 is 2.33 bits per heavy atom. The molecule has 0 amide bonds. The molecule has 1 N–H and O–H groups in total. The van der Waals surface area contributed by atoms with E-state index < -0.39 is 0 Å². The van der Waals surface area contributed by atoms with Gasteiger partial charge in [-0.1, -0.05) is 17.4 Å². The first-order valence-electron chi connectivity index (χ1n) is 5.01. The molecule has 0 fully saturated rings. The Kier molecular flexibility index (Phi) is 2.98. The Morgan fingerprint density at radius 3 is 2.93 bits per heavy atom. The van der Waals surface area contributed by atoms with Crippen molar-refractivity contribution in [2.75, 3.05) is 0 Å². The van der Waals surface area contributed by atoms with Gasteiger partial charge in [-0.15, -0.1) is 0 Å². The predicted molar refractivity (Wildman–Crippen MR) is 63.1 cm³/mol. The number of nitrogens with zero attached hydrogens (tertiary/aromatic N) is 2. The first-order valence-corrected chi connectivity index (χ1v) is 5.83.